The fourth-order valence-electron chi connectivity index (χ4n) is 2.11. The molecule has 0 N–H and O–H groups in total. The van der Waals surface area contributed by atoms with Gasteiger partial charge >= 0.3 is 0 Å². The van der Waals surface area contributed by atoms with Gasteiger partial charge in [0.2, 0.25) is 0 Å². The summed E-state index contributed by atoms with van der Waals surface area (Å²) >= 11 is 0. The third-order valence-corrected chi connectivity index (χ3v) is 3.20. The second-order valence-electron chi connectivity index (χ2n) is 4.58. The van der Waals surface area contributed by atoms with Crippen LogP contribution in [0.1, 0.15) is 28.8 Å². The van der Waals surface area contributed by atoms with Crippen LogP contribution < -0.4 is 5.11 Å². The largest absolute Gasteiger partial charge is 0.545 e. The van der Waals surface area contributed by atoms with Crippen LogP contribution in [0.5, 0.6) is 0 Å². The van der Waals surface area contributed by atoms with Crippen molar-refractivity contribution in [2.24, 2.45) is 0 Å². The molecule has 1 aliphatic rings. The molecule has 0 radical (unpaired) electrons. The summed E-state index contributed by atoms with van der Waals surface area (Å²) in [5.41, 5.74) is 0.735. The maximum atomic E-state index is 12.1. The van der Waals surface area contributed by atoms with Gasteiger partial charge in [0.05, 0.1) is 5.97 Å². The van der Waals surface area contributed by atoms with Crippen LogP contribution >= 0.6 is 0 Å². The van der Waals surface area contributed by atoms with E-state index in [2.05, 4.69) is 0 Å². The number of carbonyl (C=O) groups is 2. The molecule has 1 saturated heterocycles. The van der Waals surface area contributed by atoms with Crippen LogP contribution in [0.25, 0.3) is 6.08 Å². The van der Waals surface area contributed by atoms with E-state index in [0.29, 0.717) is 18.7 Å². The third kappa shape index (κ3) is 3.04. The summed E-state index contributed by atoms with van der Waals surface area (Å²) in [5.74, 6) is -1.52. The zero-order chi connectivity index (χ0) is 14.5. The van der Waals surface area contributed by atoms with E-state index in [1.165, 1.54) is 18.2 Å². The second kappa shape index (κ2) is 6.02. The maximum absolute atomic E-state index is 12.1. The van der Waals surface area contributed by atoms with Crippen molar-refractivity contribution in [3.05, 3.63) is 41.0 Å². The first kappa shape index (κ1) is 13.8. The minimum atomic E-state index is -1.26. The number of aromatic carboxylic acids is 1. The number of hydrogen-bond acceptors (Lipinski definition) is 4. The number of rotatable bonds is 3. The molecule has 1 fully saturated rings. The Bertz CT molecular complexity index is 591. The number of carboxylic acid groups (broad SMARTS) is 1. The van der Waals surface area contributed by atoms with E-state index in [9.17, 15) is 14.7 Å². The second-order valence-corrected chi connectivity index (χ2v) is 4.58. The molecule has 0 unspecified atom stereocenters. The predicted molar refractivity (Wildman–Crippen MR) is 70.2 cm³/mol. The summed E-state index contributed by atoms with van der Waals surface area (Å²) in [7, 11) is 0. The first-order valence-corrected chi connectivity index (χ1v) is 6.34. The molecule has 1 amide bonds. The van der Waals surface area contributed by atoms with Crippen molar-refractivity contribution in [2.75, 3.05) is 13.1 Å². The molecule has 0 bridgehead atoms. The third-order valence-electron chi connectivity index (χ3n) is 3.20. The molecule has 0 saturated carbocycles. The fraction of sp³-hybridized carbons (Fsp3) is 0.267. The Hall–Kier alpha value is -2.61. The van der Waals surface area contributed by atoms with Gasteiger partial charge in [-0.05, 0) is 30.0 Å². The molecule has 1 aromatic carbocycles. The molecule has 0 aliphatic carbocycles. The Morgan fingerprint density at radius 3 is 2.30 bits per heavy atom. The van der Waals surface area contributed by atoms with E-state index >= 15 is 0 Å². The average Bonchev–Trinajstić information content (AvgIpc) is 2.98. The zero-order valence-corrected chi connectivity index (χ0v) is 10.8. The topological polar surface area (TPSA) is 84.2 Å². The van der Waals surface area contributed by atoms with Crippen molar-refractivity contribution in [2.45, 2.75) is 12.8 Å². The van der Waals surface area contributed by atoms with Gasteiger partial charge in [0.15, 0.2) is 0 Å². The molecule has 1 heterocycles. The van der Waals surface area contributed by atoms with Crippen LogP contribution in [-0.4, -0.2) is 29.9 Å². The zero-order valence-electron chi connectivity index (χ0n) is 10.8. The van der Waals surface area contributed by atoms with E-state index in [1.807, 2.05) is 6.07 Å². The molecule has 0 atom stereocenters. The highest BCUT2D eigenvalue weighted by molar-refractivity contribution is 6.01. The normalized spacial score (nSPS) is 14.9. The van der Waals surface area contributed by atoms with Crippen molar-refractivity contribution in [1.82, 2.24) is 4.90 Å². The molecular weight excluding hydrogens is 256 g/mol. The lowest BCUT2D eigenvalue weighted by atomic mass is 10.1. The van der Waals surface area contributed by atoms with Gasteiger partial charge in [-0.15, -0.1) is 0 Å². The van der Waals surface area contributed by atoms with Crippen LogP contribution in [-0.2, 0) is 4.79 Å². The Balaban J connectivity index is 2.20. The van der Waals surface area contributed by atoms with Gasteiger partial charge in [-0.2, -0.15) is 5.26 Å². The maximum Gasteiger partial charge on any atom is 0.264 e. The number of benzene rings is 1. The van der Waals surface area contributed by atoms with Crippen LogP contribution in [0.15, 0.2) is 29.8 Å². The molecule has 5 nitrogen and oxygen atoms in total. The van der Waals surface area contributed by atoms with Crippen molar-refractivity contribution in [1.29, 1.82) is 5.26 Å². The number of nitrogens with zero attached hydrogens (tertiary/aromatic N) is 2. The summed E-state index contributed by atoms with van der Waals surface area (Å²) in [4.78, 5) is 24.4. The highest BCUT2D eigenvalue weighted by atomic mass is 16.4. The summed E-state index contributed by atoms with van der Waals surface area (Å²) in [6.07, 6.45) is 3.40. The molecular formula is C15H13N2O3-. The molecule has 1 aliphatic heterocycles. The number of hydrogen-bond donors (Lipinski definition) is 0. The SMILES string of the molecule is N#C/C(=C\c1ccc(C(=O)[O-])cc1)C(=O)N1CCCC1. The van der Waals surface area contributed by atoms with E-state index < -0.39 is 5.97 Å². The minimum absolute atomic E-state index is 0.0616. The quantitative estimate of drug-likeness (QED) is 0.593. The van der Waals surface area contributed by atoms with Crippen molar-refractivity contribution in [3.8, 4) is 6.07 Å². The first-order chi connectivity index (χ1) is 9.61. The number of carboxylic acids is 1. The van der Waals surface area contributed by atoms with Crippen LogP contribution in [0.2, 0.25) is 0 Å². The summed E-state index contributed by atoms with van der Waals surface area (Å²) < 4.78 is 0. The Morgan fingerprint density at radius 1 is 1.20 bits per heavy atom. The van der Waals surface area contributed by atoms with E-state index in [1.54, 1.807) is 17.0 Å². The number of amides is 1. The lowest BCUT2D eigenvalue weighted by Crippen LogP contribution is -2.28. The molecule has 5 heteroatoms. The van der Waals surface area contributed by atoms with Gasteiger partial charge < -0.3 is 14.8 Å². The lowest BCUT2D eigenvalue weighted by Gasteiger charge is -2.14. The molecule has 0 aromatic heterocycles. The molecule has 2 rings (SSSR count). The van der Waals surface area contributed by atoms with E-state index in [0.717, 1.165) is 12.8 Å². The van der Waals surface area contributed by atoms with E-state index in [-0.39, 0.29) is 17.0 Å². The standard InChI is InChI=1S/C15H14N2O3/c16-10-13(14(18)17-7-1-2-8-17)9-11-3-5-12(6-4-11)15(19)20/h3-6,9H,1-2,7-8H2,(H,19,20)/p-1/b13-9+. The first-order valence-electron chi connectivity index (χ1n) is 6.34. The van der Waals surface area contributed by atoms with Gasteiger partial charge in [-0.3, -0.25) is 4.79 Å². The molecule has 1 aromatic rings. The van der Waals surface area contributed by atoms with Gasteiger partial charge in [0.1, 0.15) is 11.6 Å². The highest BCUT2D eigenvalue weighted by Crippen LogP contribution is 2.14. The number of carbonyl (C=O) groups excluding carboxylic acids is 2. The molecule has 20 heavy (non-hydrogen) atoms. The minimum Gasteiger partial charge on any atom is -0.545 e. The smallest absolute Gasteiger partial charge is 0.264 e. The fourth-order valence-corrected chi connectivity index (χ4v) is 2.11. The summed E-state index contributed by atoms with van der Waals surface area (Å²) in [6, 6.07) is 7.76. The van der Waals surface area contributed by atoms with Crippen LogP contribution in [0.4, 0.5) is 0 Å². The van der Waals surface area contributed by atoms with Crippen molar-refractivity contribution in [3.63, 3.8) is 0 Å². The van der Waals surface area contributed by atoms with Gasteiger partial charge in [-0.1, -0.05) is 24.3 Å². The summed E-state index contributed by atoms with van der Waals surface area (Å²) in [6.45, 7) is 1.36. The van der Waals surface area contributed by atoms with Gasteiger partial charge in [-0.25, -0.2) is 0 Å². The Morgan fingerprint density at radius 2 is 1.80 bits per heavy atom. The van der Waals surface area contributed by atoms with E-state index in [4.69, 9.17) is 5.26 Å². The molecule has 102 valence electrons. The number of likely N-dealkylation sites (tertiary alicyclic amines) is 1. The van der Waals surface area contributed by atoms with Crippen LogP contribution in [0.3, 0.4) is 0 Å². The van der Waals surface area contributed by atoms with Gasteiger partial charge in [0.25, 0.3) is 5.91 Å². The Labute approximate surface area is 116 Å². The summed E-state index contributed by atoms with van der Waals surface area (Å²) in [5, 5.41) is 19.7. The highest BCUT2D eigenvalue weighted by Gasteiger charge is 2.21. The predicted octanol–water partition coefficient (Wildman–Crippen LogP) is 0.579. The average molecular weight is 269 g/mol. The van der Waals surface area contributed by atoms with Crippen molar-refractivity contribution < 1.29 is 14.7 Å². The lowest BCUT2D eigenvalue weighted by molar-refractivity contribution is -0.255. The van der Waals surface area contributed by atoms with Crippen molar-refractivity contribution >= 4 is 18.0 Å². The molecule has 0 spiro atoms. The van der Waals surface area contributed by atoms with Gasteiger partial charge in [0, 0.05) is 13.1 Å². The Kier molecular flexibility index (Phi) is 4.16. The van der Waals surface area contributed by atoms with Crippen LogP contribution in [0, 0.1) is 11.3 Å². The number of nitriles is 1. The monoisotopic (exact) mass is 269 g/mol.